The monoisotopic (exact) mass is 168 g/mol. The average molecular weight is 168 g/mol. The Bertz CT molecular complexity index is 173. The molecule has 0 aliphatic carbocycles. The Labute approximate surface area is 62.2 Å². The number of nitrogens with zero attached hydrogens (tertiary/aromatic N) is 2. The van der Waals surface area contributed by atoms with E-state index in [9.17, 15) is 5.21 Å². The van der Waals surface area contributed by atoms with Gasteiger partial charge >= 0.3 is 23.1 Å². The molecule has 1 aromatic heterocycles. The van der Waals surface area contributed by atoms with Crippen LogP contribution in [0.1, 0.15) is 0 Å². The van der Waals surface area contributed by atoms with Crippen LogP contribution in [0.5, 0.6) is 6.01 Å². The smallest absolute Gasteiger partial charge is 0.708 e. The van der Waals surface area contributed by atoms with Gasteiger partial charge in [0.25, 0.3) is 0 Å². The molecule has 1 radical (unpaired) electrons. The second-order valence-corrected chi connectivity index (χ2v) is 1.25. The van der Waals surface area contributed by atoms with Gasteiger partial charge in [-0.05, 0) is 4.98 Å². The van der Waals surface area contributed by atoms with E-state index in [0.29, 0.717) is 0 Å². The molecule has 1 rings (SSSR count). The van der Waals surface area contributed by atoms with Crippen LogP contribution < -0.4 is 4.73 Å². The molecule has 0 unspecified atom stereocenters. The quantitative estimate of drug-likeness (QED) is 0.320. The summed E-state index contributed by atoms with van der Waals surface area (Å²) in [5.74, 6) is 0. The van der Waals surface area contributed by atoms with E-state index in [2.05, 4.69) is 4.98 Å². The fourth-order valence-corrected chi connectivity index (χ4v) is 0.350. The van der Waals surface area contributed by atoms with Gasteiger partial charge in [-0.15, -0.1) is 0 Å². The van der Waals surface area contributed by atoms with Gasteiger partial charge in [-0.3, -0.25) is 0 Å². The van der Waals surface area contributed by atoms with Gasteiger partial charge in [0.1, 0.15) is 12.4 Å². The average Bonchev–Trinajstić information content (AvgIpc) is 1.77. The Morgan fingerprint density at radius 1 is 1.67 bits per heavy atom. The van der Waals surface area contributed by atoms with E-state index in [1.165, 1.54) is 18.5 Å². The first-order valence-electron chi connectivity index (χ1n) is 2.04. The third-order valence-corrected chi connectivity index (χ3v) is 0.695. The molecule has 4 nitrogen and oxygen atoms in total. The number of rotatable bonds is 0. The molecule has 1 N–H and O–H groups in total. The van der Waals surface area contributed by atoms with Crippen molar-refractivity contribution in [3.05, 3.63) is 23.7 Å². The van der Waals surface area contributed by atoms with Crippen LogP contribution in [0.4, 0.5) is 0 Å². The molecule has 0 aromatic carbocycles. The summed E-state index contributed by atoms with van der Waals surface area (Å²) in [6.07, 6.45) is 2.51. The Balaban J connectivity index is 0.000000640. The van der Waals surface area contributed by atoms with Crippen LogP contribution in [-0.4, -0.2) is 10.1 Å². The van der Waals surface area contributed by atoms with Gasteiger partial charge in [0.05, 0.1) is 0 Å². The summed E-state index contributed by atoms with van der Waals surface area (Å²) in [5, 5.41) is 18.7. The summed E-state index contributed by atoms with van der Waals surface area (Å²) >= 11 is 0. The Morgan fingerprint density at radius 3 is 2.67 bits per heavy atom. The van der Waals surface area contributed by atoms with Crippen molar-refractivity contribution in [2.75, 3.05) is 0 Å². The van der Waals surface area contributed by atoms with Crippen molar-refractivity contribution in [2.24, 2.45) is 0 Å². The summed E-state index contributed by atoms with van der Waals surface area (Å²) in [6.45, 7) is 0. The zero-order chi connectivity index (χ0) is 5.98. The molecule has 0 bridgehead atoms. The van der Waals surface area contributed by atoms with Crippen molar-refractivity contribution in [3.63, 3.8) is 0 Å². The van der Waals surface area contributed by atoms with Crippen LogP contribution in [0.3, 0.4) is 0 Å². The Hall–Kier alpha value is -0.801. The topological polar surface area (TPSA) is 60.1 Å². The fraction of sp³-hybridized carbons (Fsp3) is 0. The van der Waals surface area contributed by atoms with Gasteiger partial charge < -0.3 is 10.3 Å². The van der Waals surface area contributed by atoms with E-state index < -0.39 is 6.01 Å². The molecule has 0 aliphatic heterocycles. The first kappa shape index (κ1) is 8.20. The van der Waals surface area contributed by atoms with Gasteiger partial charge in [0.15, 0.2) is 0 Å². The molecule has 0 saturated heterocycles. The van der Waals surface area contributed by atoms with Crippen molar-refractivity contribution in [1.82, 2.24) is 4.98 Å². The van der Waals surface area contributed by atoms with E-state index >= 15 is 0 Å². The Morgan fingerprint density at radius 2 is 2.33 bits per heavy atom. The maximum absolute atomic E-state index is 10.2. The van der Waals surface area contributed by atoms with Gasteiger partial charge in [0.2, 0.25) is 0 Å². The number of aromatic nitrogens is 2. The van der Waals surface area contributed by atoms with Gasteiger partial charge in [0, 0.05) is 6.07 Å². The van der Waals surface area contributed by atoms with Crippen molar-refractivity contribution in [1.29, 1.82) is 0 Å². The minimum Gasteiger partial charge on any atom is -0.708 e. The summed E-state index contributed by atoms with van der Waals surface area (Å²) in [7, 11) is 0. The van der Waals surface area contributed by atoms with Crippen LogP contribution in [-0.2, 0) is 17.1 Å². The van der Waals surface area contributed by atoms with E-state index in [1.807, 2.05) is 0 Å². The first-order chi connectivity index (χ1) is 3.80. The Kier molecular flexibility index (Phi) is 2.98. The van der Waals surface area contributed by atoms with Crippen molar-refractivity contribution in [3.8, 4) is 6.01 Å². The fourth-order valence-electron chi connectivity index (χ4n) is 0.350. The van der Waals surface area contributed by atoms with Crippen LogP contribution in [0.15, 0.2) is 18.5 Å². The van der Waals surface area contributed by atoms with Gasteiger partial charge in [-0.25, -0.2) is 4.73 Å². The molecule has 47 valence electrons. The number of aromatic hydroxyl groups is 1. The van der Waals surface area contributed by atoms with E-state index in [4.69, 9.17) is 5.11 Å². The van der Waals surface area contributed by atoms with E-state index in [-0.39, 0.29) is 21.8 Å². The second kappa shape index (κ2) is 3.27. The maximum atomic E-state index is 10.2. The molecule has 0 saturated carbocycles. The number of hydrogen-bond acceptors (Lipinski definition) is 3. The molecular weight excluding hydrogens is 164 g/mol. The molecular formula is C4H4FeN2O2+3. The normalized spacial score (nSPS) is 8.00. The second-order valence-electron chi connectivity index (χ2n) is 1.25. The van der Waals surface area contributed by atoms with Crippen molar-refractivity contribution >= 4 is 0 Å². The zero-order valence-electron chi connectivity index (χ0n) is 4.34. The predicted molar refractivity (Wildman–Crippen MR) is 24.9 cm³/mol. The summed E-state index contributed by atoms with van der Waals surface area (Å²) in [4.78, 5) is 3.28. The molecule has 5 heteroatoms. The van der Waals surface area contributed by atoms with Crippen LogP contribution in [0.25, 0.3) is 0 Å². The molecule has 0 fully saturated rings. The molecule has 9 heavy (non-hydrogen) atoms. The minimum absolute atomic E-state index is 0. The maximum Gasteiger partial charge on any atom is 3.00 e. The molecule has 0 atom stereocenters. The van der Waals surface area contributed by atoms with E-state index in [1.54, 1.807) is 0 Å². The summed E-state index contributed by atoms with van der Waals surface area (Å²) < 4.78 is 0.278. The van der Waals surface area contributed by atoms with Crippen LogP contribution >= 0.6 is 0 Å². The molecule has 0 aliphatic rings. The molecule has 1 heterocycles. The van der Waals surface area contributed by atoms with Crippen LogP contribution in [0, 0.1) is 5.21 Å². The number of hydrogen-bond donors (Lipinski definition) is 1. The first-order valence-corrected chi connectivity index (χ1v) is 2.04. The third kappa shape index (κ3) is 1.87. The molecule has 0 amide bonds. The standard InChI is InChI=1S/C4H4N2O2.Fe/c7-4-5-2-1-3-6(4)8;/h1-3H,(H,5,7);/q;+3. The van der Waals surface area contributed by atoms with Gasteiger partial charge in [-0.1, -0.05) is 0 Å². The van der Waals surface area contributed by atoms with E-state index in [0.717, 1.165) is 0 Å². The minimum atomic E-state index is -0.521. The SMILES string of the molecule is [Fe+3].[O-][n+]1cccnc1O. The van der Waals surface area contributed by atoms with Crippen molar-refractivity contribution in [2.45, 2.75) is 0 Å². The van der Waals surface area contributed by atoms with Gasteiger partial charge in [-0.2, -0.15) is 0 Å². The predicted octanol–water partition coefficient (Wildman–Crippen LogP) is -0.582. The van der Waals surface area contributed by atoms with Crippen molar-refractivity contribution < 1.29 is 26.9 Å². The molecule has 0 spiro atoms. The zero-order valence-corrected chi connectivity index (χ0v) is 5.44. The molecule has 1 aromatic rings. The largest absolute Gasteiger partial charge is 3.00 e. The summed E-state index contributed by atoms with van der Waals surface area (Å²) in [5.41, 5.74) is 0. The van der Waals surface area contributed by atoms with Crippen LogP contribution in [0.2, 0.25) is 0 Å². The summed E-state index contributed by atoms with van der Waals surface area (Å²) in [6, 6.07) is 0.916. The third-order valence-electron chi connectivity index (χ3n) is 0.695.